The zero-order valence-electron chi connectivity index (χ0n) is 17.3. The maximum absolute atomic E-state index is 13.7. The number of aliphatic imine (C=N–C) groups is 1. The summed E-state index contributed by atoms with van der Waals surface area (Å²) in [5, 5.41) is 6.33. The van der Waals surface area contributed by atoms with Crippen molar-refractivity contribution < 1.29 is 17.5 Å². The van der Waals surface area contributed by atoms with Gasteiger partial charge < -0.3 is 15.4 Å². The summed E-state index contributed by atoms with van der Waals surface area (Å²) in [5.74, 6) is 0.403. The number of hydrogen-bond donors (Lipinski definition) is 3. The van der Waals surface area contributed by atoms with E-state index < -0.39 is 10.0 Å². The average molecular weight is 437 g/mol. The van der Waals surface area contributed by atoms with Gasteiger partial charge in [-0.2, -0.15) is 0 Å². The fraction of sp³-hybridized carbons (Fsp3) is 0.381. The van der Waals surface area contributed by atoms with Gasteiger partial charge >= 0.3 is 0 Å². The van der Waals surface area contributed by atoms with Crippen LogP contribution < -0.4 is 15.4 Å². The molecule has 0 amide bonds. The highest BCUT2D eigenvalue weighted by Crippen LogP contribution is 2.11. The minimum atomic E-state index is -3.55. The number of nitrogens with zero attached hydrogens (tertiary/aromatic N) is 1. The monoisotopic (exact) mass is 436 g/mol. The van der Waals surface area contributed by atoms with Crippen LogP contribution in [-0.4, -0.2) is 47.7 Å². The van der Waals surface area contributed by atoms with Crippen LogP contribution in [0.1, 0.15) is 18.1 Å². The summed E-state index contributed by atoms with van der Waals surface area (Å²) in [6, 6.07) is 13.3. The Bertz CT molecular complexity index is 918. The molecule has 2 aromatic carbocycles. The second-order valence-corrected chi connectivity index (χ2v) is 8.26. The quantitative estimate of drug-likeness (QED) is 0.285. The predicted octanol–water partition coefficient (Wildman–Crippen LogP) is 2.05. The van der Waals surface area contributed by atoms with Gasteiger partial charge in [0.15, 0.2) is 5.96 Å². The molecule has 164 valence electrons. The first-order valence-corrected chi connectivity index (χ1v) is 11.3. The molecule has 0 atom stereocenters. The van der Waals surface area contributed by atoms with E-state index in [4.69, 9.17) is 4.74 Å². The first kappa shape index (κ1) is 23.8. The van der Waals surface area contributed by atoms with E-state index in [1.807, 2.05) is 13.0 Å². The lowest BCUT2D eigenvalue weighted by atomic mass is 10.1. The first-order chi connectivity index (χ1) is 14.5. The lowest BCUT2D eigenvalue weighted by Crippen LogP contribution is -2.38. The molecular formula is C21H29FN4O3S. The number of sulfonamides is 1. The molecular weight excluding hydrogens is 407 g/mol. The van der Waals surface area contributed by atoms with E-state index in [1.54, 1.807) is 36.4 Å². The van der Waals surface area contributed by atoms with Crippen molar-refractivity contribution in [3.05, 3.63) is 65.5 Å². The number of ether oxygens (including phenoxy) is 1. The van der Waals surface area contributed by atoms with Crippen molar-refractivity contribution in [3.63, 3.8) is 0 Å². The summed E-state index contributed by atoms with van der Waals surface area (Å²) >= 11 is 0. The number of benzene rings is 2. The number of hydrogen-bond acceptors (Lipinski definition) is 4. The van der Waals surface area contributed by atoms with E-state index in [0.717, 1.165) is 5.56 Å². The topological polar surface area (TPSA) is 91.8 Å². The second kappa shape index (κ2) is 12.3. The molecule has 0 saturated heterocycles. The van der Waals surface area contributed by atoms with Crippen molar-refractivity contribution in [2.75, 3.05) is 33.4 Å². The molecule has 0 bridgehead atoms. The summed E-state index contributed by atoms with van der Waals surface area (Å²) in [5.41, 5.74) is 1.52. The third kappa shape index (κ3) is 7.74. The fourth-order valence-corrected chi connectivity index (χ4v) is 3.68. The molecule has 0 radical (unpaired) electrons. The van der Waals surface area contributed by atoms with Crippen molar-refractivity contribution >= 4 is 16.0 Å². The highest BCUT2D eigenvalue weighted by Gasteiger charge is 2.12. The van der Waals surface area contributed by atoms with Crippen LogP contribution in [-0.2, 0) is 27.7 Å². The number of rotatable bonds is 11. The lowest BCUT2D eigenvalue weighted by Gasteiger charge is -2.12. The molecule has 0 fully saturated rings. The van der Waals surface area contributed by atoms with Gasteiger partial charge in [-0.25, -0.2) is 22.5 Å². The highest BCUT2D eigenvalue weighted by atomic mass is 32.2. The van der Waals surface area contributed by atoms with Crippen LogP contribution in [0.4, 0.5) is 4.39 Å². The standard InChI is InChI=1S/C21H29FN4O3S/c1-3-23-21(24-13-12-18-6-4-5-7-20(18)22)25-16-17-8-10-19(11-9-17)30(27,28)26-14-15-29-2/h4-11,26H,3,12-16H2,1-2H3,(H2,23,24,25). The molecule has 2 rings (SSSR count). The zero-order valence-corrected chi connectivity index (χ0v) is 18.1. The van der Waals surface area contributed by atoms with Gasteiger partial charge in [0, 0.05) is 26.7 Å². The van der Waals surface area contributed by atoms with Crippen molar-refractivity contribution in [1.82, 2.24) is 15.4 Å². The Balaban J connectivity index is 1.93. The molecule has 2 aromatic rings. The Hall–Kier alpha value is -2.49. The number of nitrogens with one attached hydrogen (secondary N) is 3. The van der Waals surface area contributed by atoms with Crippen LogP contribution in [0, 0.1) is 5.82 Å². The molecule has 3 N–H and O–H groups in total. The Morgan fingerprint density at radius 2 is 1.80 bits per heavy atom. The number of guanidine groups is 1. The third-order valence-electron chi connectivity index (χ3n) is 4.24. The maximum atomic E-state index is 13.7. The normalized spacial score (nSPS) is 12.0. The molecule has 30 heavy (non-hydrogen) atoms. The summed E-state index contributed by atoms with van der Waals surface area (Å²) in [6.07, 6.45) is 0.541. The van der Waals surface area contributed by atoms with Gasteiger partial charge in [0.2, 0.25) is 10.0 Å². The fourth-order valence-electron chi connectivity index (χ4n) is 2.66. The minimum absolute atomic E-state index is 0.196. The molecule has 0 saturated carbocycles. The molecule has 0 heterocycles. The Kier molecular flexibility index (Phi) is 9.72. The van der Waals surface area contributed by atoms with Gasteiger partial charge in [-0.15, -0.1) is 0 Å². The predicted molar refractivity (Wildman–Crippen MR) is 116 cm³/mol. The molecule has 0 aliphatic carbocycles. The van der Waals surface area contributed by atoms with Crippen molar-refractivity contribution in [2.45, 2.75) is 24.8 Å². The van der Waals surface area contributed by atoms with E-state index in [2.05, 4.69) is 20.3 Å². The first-order valence-electron chi connectivity index (χ1n) is 9.79. The van der Waals surface area contributed by atoms with Crippen LogP contribution in [0.2, 0.25) is 0 Å². The summed E-state index contributed by atoms with van der Waals surface area (Å²) in [7, 11) is -2.04. The van der Waals surface area contributed by atoms with Crippen LogP contribution in [0.25, 0.3) is 0 Å². The van der Waals surface area contributed by atoms with Crippen molar-refractivity contribution in [3.8, 4) is 0 Å². The van der Waals surface area contributed by atoms with Crippen LogP contribution in [0.3, 0.4) is 0 Å². The zero-order chi connectivity index (χ0) is 21.8. The Morgan fingerprint density at radius 1 is 1.07 bits per heavy atom. The van der Waals surface area contributed by atoms with Crippen molar-refractivity contribution in [1.29, 1.82) is 0 Å². The largest absolute Gasteiger partial charge is 0.383 e. The average Bonchev–Trinajstić information content (AvgIpc) is 2.74. The molecule has 0 spiro atoms. The Labute approximate surface area is 177 Å². The van der Waals surface area contributed by atoms with E-state index in [0.29, 0.717) is 44.2 Å². The van der Waals surface area contributed by atoms with Crippen LogP contribution in [0.5, 0.6) is 0 Å². The van der Waals surface area contributed by atoms with E-state index in [9.17, 15) is 12.8 Å². The molecule has 0 unspecified atom stereocenters. The summed E-state index contributed by atoms with van der Waals surface area (Å²) in [4.78, 5) is 4.70. The smallest absolute Gasteiger partial charge is 0.240 e. The van der Waals surface area contributed by atoms with Gasteiger partial charge in [-0.1, -0.05) is 30.3 Å². The number of methoxy groups -OCH3 is 1. The van der Waals surface area contributed by atoms with E-state index in [-0.39, 0.29) is 17.3 Å². The SMILES string of the molecule is CCNC(=NCc1ccc(S(=O)(=O)NCCOC)cc1)NCCc1ccccc1F. The molecule has 0 aliphatic rings. The number of halogens is 1. The van der Waals surface area contributed by atoms with E-state index in [1.165, 1.54) is 13.2 Å². The van der Waals surface area contributed by atoms with Gasteiger partial charge in [-0.05, 0) is 42.7 Å². The lowest BCUT2D eigenvalue weighted by molar-refractivity contribution is 0.204. The van der Waals surface area contributed by atoms with Crippen molar-refractivity contribution in [2.24, 2.45) is 4.99 Å². The van der Waals surface area contributed by atoms with Crippen LogP contribution in [0.15, 0.2) is 58.4 Å². The van der Waals surface area contributed by atoms with Gasteiger partial charge in [-0.3, -0.25) is 0 Å². The van der Waals surface area contributed by atoms with Gasteiger partial charge in [0.1, 0.15) is 5.82 Å². The van der Waals surface area contributed by atoms with E-state index >= 15 is 0 Å². The molecule has 7 nitrogen and oxygen atoms in total. The highest BCUT2D eigenvalue weighted by molar-refractivity contribution is 7.89. The molecule has 0 aromatic heterocycles. The third-order valence-corrected chi connectivity index (χ3v) is 5.72. The minimum Gasteiger partial charge on any atom is -0.383 e. The maximum Gasteiger partial charge on any atom is 0.240 e. The summed E-state index contributed by atoms with van der Waals surface area (Å²) < 4.78 is 45.4. The second-order valence-electron chi connectivity index (χ2n) is 6.50. The summed E-state index contributed by atoms with van der Waals surface area (Å²) in [6.45, 7) is 4.10. The Morgan fingerprint density at radius 3 is 2.47 bits per heavy atom. The van der Waals surface area contributed by atoms with Crippen LogP contribution >= 0.6 is 0 Å². The molecule has 9 heteroatoms. The molecule has 0 aliphatic heterocycles. The van der Waals surface area contributed by atoms with Gasteiger partial charge in [0.05, 0.1) is 18.0 Å². The van der Waals surface area contributed by atoms with Gasteiger partial charge in [0.25, 0.3) is 0 Å².